The van der Waals surface area contributed by atoms with Gasteiger partial charge in [0, 0.05) is 6.20 Å². The minimum Gasteiger partial charge on any atom is -0.260 e. The first-order chi connectivity index (χ1) is 4.86. The standard InChI is InChI=1S/C8H10ClN.ClH/c1-2-7-3-4-8(5-9)10-6-7;/h3-4,6H,2,5H2,1H3;1H. The van der Waals surface area contributed by atoms with Crippen LogP contribution >= 0.6 is 24.0 Å². The van der Waals surface area contributed by atoms with Gasteiger partial charge in [-0.15, -0.1) is 24.0 Å². The van der Waals surface area contributed by atoms with Crippen molar-refractivity contribution in [3.8, 4) is 0 Å². The molecule has 0 saturated heterocycles. The maximum atomic E-state index is 5.56. The van der Waals surface area contributed by atoms with Crippen molar-refractivity contribution in [2.45, 2.75) is 19.2 Å². The van der Waals surface area contributed by atoms with E-state index in [-0.39, 0.29) is 12.4 Å². The van der Waals surface area contributed by atoms with Crippen molar-refractivity contribution in [2.75, 3.05) is 0 Å². The zero-order valence-corrected chi connectivity index (χ0v) is 7.95. The Morgan fingerprint density at radius 1 is 1.45 bits per heavy atom. The molecule has 11 heavy (non-hydrogen) atoms. The molecule has 0 N–H and O–H groups in total. The van der Waals surface area contributed by atoms with Crippen molar-refractivity contribution >= 4 is 24.0 Å². The SMILES string of the molecule is CCc1ccc(CCl)nc1.Cl. The third kappa shape index (κ3) is 3.08. The topological polar surface area (TPSA) is 12.9 Å². The molecule has 0 aliphatic heterocycles. The highest BCUT2D eigenvalue weighted by Gasteiger charge is 1.90. The van der Waals surface area contributed by atoms with Gasteiger partial charge in [-0.1, -0.05) is 13.0 Å². The lowest BCUT2D eigenvalue weighted by atomic mass is 10.2. The number of aromatic nitrogens is 1. The Hall–Kier alpha value is -0.270. The lowest BCUT2D eigenvalue weighted by Gasteiger charge is -1.95. The molecule has 1 rings (SSSR count). The van der Waals surface area contributed by atoms with Gasteiger partial charge < -0.3 is 0 Å². The molecule has 0 spiro atoms. The van der Waals surface area contributed by atoms with Gasteiger partial charge in [-0.25, -0.2) is 0 Å². The van der Waals surface area contributed by atoms with Crippen LogP contribution in [0.3, 0.4) is 0 Å². The van der Waals surface area contributed by atoms with Crippen LogP contribution in [0.25, 0.3) is 0 Å². The van der Waals surface area contributed by atoms with Crippen molar-refractivity contribution in [3.05, 3.63) is 29.6 Å². The van der Waals surface area contributed by atoms with E-state index in [9.17, 15) is 0 Å². The van der Waals surface area contributed by atoms with E-state index >= 15 is 0 Å². The quantitative estimate of drug-likeness (QED) is 0.656. The summed E-state index contributed by atoms with van der Waals surface area (Å²) in [6, 6.07) is 4.02. The fourth-order valence-corrected chi connectivity index (χ4v) is 0.901. The summed E-state index contributed by atoms with van der Waals surface area (Å²) in [5.41, 5.74) is 2.20. The predicted molar refractivity (Wildman–Crippen MR) is 50.4 cm³/mol. The molecule has 62 valence electrons. The smallest absolute Gasteiger partial charge is 0.0647 e. The molecule has 0 aliphatic rings. The van der Waals surface area contributed by atoms with Gasteiger partial charge in [0.05, 0.1) is 11.6 Å². The molecule has 1 heterocycles. The lowest BCUT2D eigenvalue weighted by molar-refractivity contribution is 1.07. The molecule has 0 saturated carbocycles. The van der Waals surface area contributed by atoms with Crippen molar-refractivity contribution < 1.29 is 0 Å². The first kappa shape index (κ1) is 10.7. The minimum atomic E-state index is 0. The molecule has 0 unspecified atom stereocenters. The van der Waals surface area contributed by atoms with Gasteiger partial charge in [0.15, 0.2) is 0 Å². The Morgan fingerprint density at radius 2 is 2.18 bits per heavy atom. The summed E-state index contributed by atoms with van der Waals surface area (Å²) in [7, 11) is 0. The highest BCUT2D eigenvalue weighted by atomic mass is 35.5. The number of halogens is 2. The molecule has 0 amide bonds. The molecule has 1 nitrogen and oxygen atoms in total. The van der Waals surface area contributed by atoms with Crippen LogP contribution in [0, 0.1) is 0 Å². The average Bonchev–Trinajstić information content (AvgIpc) is 2.05. The summed E-state index contributed by atoms with van der Waals surface area (Å²) in [6.07, 6.45) is 2.91. The van der Waals surface area contributed by atoms with E-state index in [1.807, 2.05) is 12.3 Å². The van der Waals surface area contributed by atoms with Crippen LogP contribution in [0.5, 0.6) is 0 Å². The number of alkyl halides is 1. The van der Waals surface area contributed by atoms with Crippen LogP contribution in [-0.2, 0) is 12.3 Å². The second kappa shape index (κ2) is 5.39. The van der Waals surface area contributed by atoms with E-state index in [4.69, 9.17) is 11.6 Å². The maximum absolute atomic E-state index is 5.56. The van der Waals surface area contributed by atoms with E-state index in [0.717, 1.165) is 12.1 Å². The molecule has 0 radical (unpaired) electrons. The van der Waals surface area contributed by atoms with E-state index in [1.54, 1.807) is 0 Å². The Labute approximate surface area is 78.2 Å². The molecule has 0 atom stereocenters. The molecule has 0 fully saturated rings. The van der Waals surface area contributed by atoms with Crippen LogP contribution < -0.4 is 0 Å². The van der Waals surface area contributed by atoms with Crippen LogP contribution in [0.15, 0.2) is 18.3 Å². The number of hydrogen-bond donors (Lipinski definition) is 0. The van der Waals surface area contributed by atoms with Gasteiger partial charge in [-0.05, 0) is 18.1 Å². The van der Waals surface area contributed by atoms with E-state index < -0.39 is 0 Å². The first-order valence-electron chi connectivity index (χ1n) is 3.36. The largest absolute Gasteiger partial charge is 0.260 e. The number of pyridine rings is 1. The summed E-state index contributed by atoms with van der Waals surface area (Å²) in [4.78, 5) is 4.14. The highest BCUT2D eigenvalue weighted by molar-refractivity contribution is 6.16. The summed E-state index contributed by atoms with van der Waals surface area (Å²) in [5.74, 6) is 0.504. The average molecular weight is 192 g/mol. The van der Waals surface area contributed by atoms with Crippen LogP contribution in [0.4, 0.5) is 0 Å². The zero-order chi connectivity index (χ0) is 7.40. The van der Waals surface area contributed by atoms with Crippen molar-refractivity contribution in [2.24, 2.45) is 0 Å². The lowest BCUT2D eigenvalue weighted by Crippen LogP contribution is -1.86. The number of hydrogen-bond acceptors (Lipinski definition) is 1. The van der Waals surface area contributed by atoms with Gasteiger partial charge in [-0.2, -0.15) is 0 Å². The third-order valence-electron chi connectivity index (χ3n) is 1.43. The highest BCUT2D eigenvalue weighted by Crippen LogP contribution is 2.02. The molecular formula is C8H11Cl2N. The fourth-order valence-electron chi connectivity index (χ4n) is 0.743. The summed E-state index contributed by atoms with van der Waals surface area (Å²) >= 11 is 5.56. The Balaban J connectivity index is 0.000001000. The number of nitrogens with zero attached hydrogens (tertiary/aromatic N) is 1. The molecule has 1 aromatic rings. The number of aryl methyl sites for hydroxylation is 1. The van der Waals surface area contributed by atoms with Gasteiger partial charge in [0.1, 0.15) is 0 Å². The molecule has 1 aromatic heterocycles. The van der Waals surface area contributed by atoms with Crippen LogP contribution in [-0.4, -0.2) is 4.98 Å². The fraction of sp³-hybridized carbons (Fsp3) is 0.375. The zero-order valence-electron chi connectivity index (χ0n) is 6.38. The molecule has 3 heteroatoms. The first-order valence-corrected chi connectivity index (χ1v) is 3.90. The van der Waals surface area contributed by atoms with Gasteiger partial charge >= 0.3 is 0 Å². The van der Waals surface area contributed by atoms with E-state index in [0.29, 0.717) is 5.88 Å². The maximum Gasteiger partial charge on any atom is 0.0647 e. The molecular weight excluding hydrogens is 181 g/mol. The third-order valence-corrected chi connectivity index (χ3v) is 1.70. The normalized spacial score (nSPS) is 8.91. The Morgan fingerprint density at radius 3 is 2.55 bits per heavy atom. The van der Waals surface area contributed by atoms with Crippen LogP contribution in [0.2, 0.25) is 0 Å². The van der Waals surface area contributed by atoms with Crippen molar-refractivity contribution in [1.82, 2.24) is 4.98 Å². The monoisotopic (exact) mass is 191 g/mol. The van der Waals surface area contributed by atoms with Gasteiger partial charge in [0.2, 0.25) is 0 Å². The second-order valence-corrected chi connectivity index (χ2v) is 2.41. The Kier molecular flexibility index (Phi) is 5.26. The molecule has 0 aromatic carbocycles. The molecule has 0 aliphatic carbocycles. The molecule has 0 bridgehead atoms. The van der Waals surface area contributed by atoms with E-state index in [1.165, 1.54) is 5.56 Å². The second-order valence-electron chi connectivity index (χ2n) is 2.14. The Bertz CT molecular complexity index is 173. The summed E-state index contributed by atoms with van der Waals surface area (Å²) < 4.78 is 0. The van der Waals surface area contributed by atoms with E-state index in [2.05, 4.69) is 18.0 Å². The minimum absolute atomic E-state index is 0. The van der Waals surface area contributed by atoms with Crippen LogP contribution in [0.1, 0.15) is 18.2 Å². The predicted octanol–water partition coefficient (Wildman–Crippen LogP) is 2.80. The van der Waals surface area contributed by atoms with Crippen molar-refractivity contribution in [3.63, 3.8) is 0 Å². The van der Waals surface area contributed by atoms with Crippen molar-refractivity contribution in [1.29, 1.82) is 0 Å². The summed E-state index contributed by atoms with van der Waals surface area (Å²) in [6.45, 7) is 2.11. The van der Waals surface area contributed by atoms with Gasteiger partial charge in [-0.3, -0.25) is 4.98 Å². The number of rotatable bonds is 2. The summed E-state index contributed by atoms with van der Waals surface area (Å²) in [5, 5.41) is 0. The van der Waals surface area contributed by atoms with Gasteiger partial charge in [0.25, 0.3) is 0 Å².